The molecule has 134 valence electrons. The van der Waals surface area contributed by atoms with Crippen molar-refractivity contribution in [1.82, 2.24) is 10.6 Å². The second-order valence-corrected chi connectivity index (χ2v) is 6.82. The third kappa shape index (κ3) is 3.85. The molecule has 2 aromatic rings. The van der Waals surface area contributed by atoms with Crippen molar-refractivity contribution in [3.8, 4) is 5.75 Å². The molecule has 0 aromatic heterocycles. The third-order valence-corrected chi connectivity index (χ3v) is 4.43. The van der Waals surface area contributed by atoms with Crippen LogP contribution in [0.15, 0.2) is 53.0 Å². The average Bonchev–Trinajstić information content (AvgIpc) is 2.86. The first kappa shape index (κ1) is 17.9. The lowest BCUT2D eigenvalue weighted by Crippen LogP contribution is -2.40. The Morgan fingerprint density at radius 3 is 2.65 bits per heavy atom. The zero-order valence-electron chi connectivity index (χ0n) is 13.8. The lowest BCUT2D eigenvalue weighted by atomic mass is 9.92. The van der Waals surface area contributed by atoms with E-state index in [2.05, 4.69) is 31.9 Å². The number of urea groups is 1. The minimum Gasteiger partial charge on any atom is -0.484 e. The summed E-state index contributed by atoms with van der Waals surface area (Å²) in [7, 11) is 0. The van der Waals surface area contributed by atoms with Crippen molar-refractivity contribution in [3.63, 3.8) is 0 Å². The summed E-state index contributed by atoms with van der Waals surface area (Å²) in [6, 6.07) is 13.4. The van der Waals surface area contributed by atoms with Crippen LogP contribution in [0.2, 0.25) is 0 Å². The van der Waals surface area contributed by atoms with Gasteiger partial charge in [-0.25, -0.2) is 4.79 Å². The van der Waals surface area contributed by atoms with Gasteiger partial charge in [0.15, 0.2) is 6.61 Å². The SMILES string of the molecule is CC1(c2cccc(NC(=O)COc3cccc(Br)c3)c2)NC(=O)NC1=O. The van der Waals surface area contributed by atoms with Gasteiger partial charge in [0.25, 0.3) is 11.8 Å². The molecule has 2 aromatic carbocycles. The Kier molecular flexibility index (Phi) is 4.94. The number of hydrogen-bond acceptors (Lipinski definition) is 4. The predicted molar refractivity (Wildman–Crippen MR) is 98.7 cm³/mol. The summed E-state index contributed by atoms with van der Waals surface area (Å²) < 4.78 is 6.29. The van der Waals surface area contributed by atoms with Crippen molar-refractivity contribution >= 4 is 39.5 Å². The Balaban J connectivity index is 1.66. The van der Waals surface area contributed by atoms with Crippen molar-refractivity contribution in [1.29, 1.82) is 0 Å². The van der Waals surface area contributed by atoms with Crippen molar-refractivity contribution in [2.45, 2.75) is 12.5 Å². The highest BCUT2D eigenvalue weighted by molar-refractivity contribution is 9.10. The van der Waals surface area contributed by atoms with Crippen LogP contribution in [-0.2, 0) is 15.1 Å². The van der Waals surface area contributed by atoms with Gasteiger partial charge in [-0.3, -0.25) is 14.9 Å². The standard InChI is InChI=1S/C18H16BrN3O4/c1-18(16(24)21-17(25)22-18)11-4-2-6-13(8-11)20-15(23)10-26-14-7-3-5-12(19)9-14/h2-9H,10H2,1H3,(H,20,23)(H2,21,22,24,25). The van der Waals surface area contributed by atoms with Crippen LogP contribution >= 0.6 is 15.9 Å². The number of rotatable bonds is 5. The monoisotopic (exact) mass is 417 g/mol. The summed E-state index contributed by atoms with van der Waals surface area (Å²) in [5, 5.41) is 7.51. The van der Waals surface area contributed by atoms with Gasteiger partial charge in [-0.05, 0) is 42.8 Å². The number of hydrogen-bond donors (Lipinski definition) is 3. The fourth-order valence-electron chi connectivity index (χ4n) is 2.56. The van der Waals surface area contributed by atoms with Crippen molar-refractivity contribution in [2.75, 3.05) is 11.9 Å². The Morgan fingerprint density at radius 2 is 1.96 bits per heavy atom. The Morgan fingerprint density at radius 1 is 1.19 bits per heavy atom. The number of amides is 4. The molecule has 3 N–H and O–H groups in total. The van der Waals surface area contributed by atoms with Gasteiger partial charge in [0.1, 0.15) is 11.3 Å². The van der Waals surface area contributed by atoms with E-state index in [0.29, 0.717) is 17.0 Å². The van der Waals surface area contributed by atoms with Crippen LogP contribution in [-0.4, -0.2) is 24.5 Å². The molecule has 1 fully saturated rings. The fraction of sp³-hybridized carbons (Fsp3) is 0.167. The summed E-state index contributed by atoms with van der Waals surface area (Å²) in [5.41, 5.74) is -0.114. The molecule has 1 saturated heterocycles. The van der Waals surface area contributed by atoms with E-state index in [1.54, 1.807) is 43.3 Å². The van der Waals surface area contributed by atoms with Gasteiger partial charge in [0, 0.05) is 10.2 Å². The second kappa shape index (κ2) is 7.17. The summed E-state index contributed by atoms with van der Waals surface area (Å²) in [5.74, 6) is -0.211. The molecule has 1 aliphatic heterocycles. The third-order valence-electron chi connectivity index (χ3n) is 3.93. The summed E-state index contributed by atoms with van der Waals surface area (Å²) >= 11 is 3.33. The molecule has 3 rings (SSSR count). The average molecular weight is 418 g/mol. The largest absolute Gasteiger partial charge is 0.484 e. The number of carbonyl (C=O) groups is 3. The van der Waals surface area contributed by atoms with Gasteiger partial charge in [-0.15, -0.1) is 0 Å². The highest BCUT2D eigenvalue weighted by Gasteiger charge is 2.43. The van der Waals surface area contributed by atoms with Gasteiger partial charge in [-0.1, -0.05) is 34.1 Å². The Labute approximate surface area is 158 Å². The van der Waals surface area contributed by atoms with Crippen LogP contribution in [0.3, 0.4) is 0 Å². The molecule has 8 heteroatoms. The molecule has 26 heavy (non-hydrogen) atoms. The zero-order valence-corrected chi connectivity index (χ0v) is 15.4. The topological polar surface area (TPSA) is 96.5 Å². The van der Waals surface area contributed by atoms with Crippen LogP contribution in [0.1, 0.15) is 12.5 Å². The highest BCUT2D eigenvalue weighted by Crippen LogP contribution is 2.26. The molecule has 0 radical (unpaired) electrons. The number of benzene rings is 2. The van der Waals surface area contributed by atoms with Gasteiger partial charge >= 0.3 is 6.03 Å². The van der Waals surface area contributed by atoms with Crippen molar-refractivity contribution in [3.05, 3.63) is 58.6 Å². The van der Waals surface area contributed by atoms with Crippen molar-refractivity contribution < 1.29 is 19.1 Å². The molecule has 1 atom stereocenters. The maximum absolute atomic E-state index is 12.1. The molecule has 4 amide bonds. The first-order chi connectivity index (χ1) is 12.4. The summed E-state index contributed by atoms with van der Waals surface area (Å²) in [4.78, 5) is 35.5. The number of ether oxygens (including phenoxy) is 1. The van der Waals surface area contributed by atoms with Gasteiger partial charge in [0.2, 0.25) is 0 Å². The highest BCUT2D eigenvalue weighted by atomic mass is 79.9. The van der Waals surface area contributed by atoms with Gasteiger partial charge < -0.3 is 15.4 Å². The quantitative estimate of drug-likeness (QED) is 0.651. The lowest BCUT2D eigenvalue weighted by Gasteiger charge is -2.21. The van der Waals surface area contributed by atoms with Crippen LogP contribution in [0, 0.1) is 0 Å². The van der Waals surface area contributed by atoms with Crippen LogP contribution in [0.4, 0.5) is 10.5 Å². The number of anilines is 1. The summed E-state index contributed by atoms with van der Waals surface area (Å²) in [6.07, 6.45) is 0. The molecule has 0 saturated carbocycles. The second-order valence-electron chi connectivity index (χ2n) is 5.91. The Hall–Kier alpha value is -2.87. The predicted octanol–water partition coefficient (Wildman–Crippen LogP) is 2.52. The number of carbonyl (C=O) groups excluding carboxylic acids is 3. The first-order valence-electron chi connectivity index (χ1n) is 7.79. The van der Waals surface area contributed by atoms with E-state index in [9.17, 15) is 14.4 Å². The van der Waals surface area contributed by atoms with E-state index in [1.807, 2.05) is 12.1 Å². The number of imide groups is 1. The minimum absolute atomic E-state index is 0.158. The molecule has 1 heterocycles. The number of nitrogens with one attached hydrogen (secondary N) is 3. The number of halogens is 1. The molecular weight excluding hydrogens is 402 g/mol. The maximum Gasteiger partial charge on any atom is 0.322 e. The zero-order chi connectivity index (χ0) is 18.7. The van der Waals surface area contributed by atoms with Crippen LogP contribution in [0.25, 0.3) is 0 Å². The Bertz CT molecular complexity index is 886. The van der Waals surface area contributed by atoms with E-state index in [4.69, 9.17) is 4.74 Å². The van der Waals surface area contributed by atoms with Gasteiger partial charge in [-0.2, -0.15) is 0 Å². The lowest BCUT2D eigenvalue weighted by molar-refractivity contribution is -0.123. The normalized spacial score (nSPS) is 18.8. The molecule has 0 spiro atoms. The van der Waals surface area contributed by atoms with Crippen molar-refractivity contribution in [2.24, 2.45) is 0 Å². The molecule has 7 nitrogen and oxygen atoms in total. The maximum atomic E-state index is 12.1. The molecule has 0 aliphatic carbocycles. The molecule has 1 aliphatic rings. The summed E-state index contributed by atoms with van der Waals surface area (Å²) in [6.45, 7) is 1.44. The van der Waals surface area contributed by atoms with Crippen LogP contribution in [0.5, 0.6) is 5.75 Å². The molecule has 1 unspecified atom stereocenters. The van der Waals surface area contributed by atoms with E-state index in [0.717, 1.165) is 4.47 Å². The van der Waals surface area contributed by atoms with Crippen LogP contribution < -0.4 is 20.7 Å². The minimum atomic E-state index is -1.18. The van der Waals surface area contributed by atoms with E-state index in [1.165, 1.54) is 0 Å². The van der Waals surface area contributed by atoms with E-state index in [-0.39, 0.29) is 12.5 Å². The first-order valence-corrected chi connectivity index (χ1v) is 8.58. The van der Waals surface area contributed by atoms with Gasteiger partial charge in [0.05, 0.1) is 0 Å². The smallest absolute Gasteiger partial charge is 0.322 e. The fourth-order valence-corrected chi connectivity index (χ4v) is 2.94. The van der Waals surface area contributed by atoms with E-state index < -0.39 is 17.5 Å². The molecular formula is C18H16BrN3O4. The van der Waals surface area contributed by atoms with E-state index >= 15 is 0 Å². The molecule has 0 bridgehead atoms.